The van der Waals surface area contributed by atoms with Gasteiger partial charge in [-0.05, 0) is 60.4 Å². The van der Waals surface area contributed by atoms with Crippen LogP contribution in [0.2, 0.25) is 0 Å². The molecule has 0 spiro atoms. The van der Waals surface area contributed by atoms with Gasteiger partial charge in [-0.2, -0.15) is 0 Å². The molecule has 7 nitrogen and oxygen atoms in total. The van der Waals surface area contributed by atoms with Gasteiger partial charge < -0.3 is 5.73 Å². The first-order valence-electron chi connectivity index (χ1n) is 10.1. The first kappa shape index (κ1) is 20.9. The molecule has 0 amide bonds. The topological polar surface area (TPSA) is 119 Å². The predicted octanol–water partition coefficient (Wildman–Crippen LogP) is 3.92. The van der Waals surface area contributed by atoms with Gasteiger partial charge in [-0.3, -0.25) is 4.98 Å². The number of nitrogens with one attached hydrogen (secondary N) is 1. The number of fused-ring (bicyclic) bond motifs is 3. The highest BCUT2D eigenvalue weighted by molar-refractivity contribution is 7.91. The fourth-order valence-electron chi connectivity index (χ4n) is 4.31. The van der Waals surface area contributed by atoms with Gasteiger partial charge in [-0.1, -0.05) is 24.3 Å². The van der Waals surface area contributed by atoms with E-state index in [2.05, 4.69) is 4.98 Å². The Hall–Kier alpha value is -3.01. The van der Waals surface area contributed by atoms with Crippen LogP contribution in [0.5, 0.6) is 0 Å². The zero-order valence-corrected chi connectivity index (χ0v) is 19.0. The van der Waals surface area contributed by atoms with Crippen molar-refractivity contribution in [2.75, 3.05) is 6.26 Å². The number of nitrogens with zero attached hydrogens (tertiary/aromatic N) is 2. The van der Waals surface area contributed by atoms with Crippen molar-refractivity contribution in [2.24, 2.45) is 5.73 Å². The molecular formula is C23H22N4O3S2. The minimum atomic E-state index is -3.92. The maximum atomic E-state index is 13.7. The van der Waals surface area contributed by atoms with Gasteiger partial charge in [0, 0.05) is 23.9 Å². The minimum Gasteiger partial charge on any atom is -0.324 e. The molecule has 2 aromatic heterocycles. The van der Waals surface area contributed by atoms with Crippen LogP contribution in [0, 0.1) is 4.78 Å². The van der Waals surface area contributed by atoms with Gasteiger partial charge in [-0.15, -0.1) is 0 Å². The third kappa shape index (κ3) is 3.24. The average molecular weight is 467 g/mol. The van der Waals surface area contributed by atoms with E-state index >= 15 is 0 Å². The number of aromatic nitrogens is 2. The van der Waals surface area contributed by atoms with E-state index in [-0.39, 0.29) is 10.9 Å². The van der Waals surface area contributed by atoms with Gasteiger partial charge in [0.15, 0.2) is 0 Å². The molecule has 2 heterocycles. The van der Waals surface area contributed by atoms with Crippen LogP contribution in [0.1, 0.15) is 23.6 Å². The smallest absolute Gasteiger partial charge is 0.268 e. The Balaban J connectivity index is 1.82. The molecule has 0 fully saturated rings. The van der Waals surface area contributed by atoms with Gasteiger partial charge >= 0.3 is 0 Å². The van der Waals surface area contributed by atoms with Crippen molar-refractivity contribution in [3.8, 4) is 11.4 Å². The molecule has 0 saturated heterocycles. The zero-order chi connectivity index (χ0) is 22.7. The summed E-state index contributed by atoms with van der Waals surface area (Å²) in [5.74, 6) is 0. The fourth-order valence-corrected chi connectivity index (χ4v) is 6.43. The molecule has 1 unspecified atom stereocenters. The van der Waals surface area contributed by atoms with Crippen LogP contribution in [0.25, 0.3) is 22.3 Å². The quantitative estimate of drug-likeness (QED) is 0.472. The lowest BCUT2D eigenvalue weighted by Gasteiger charge is -2.13. The van der Waals surface area contributed by atoms with Crippen LogP contribution in [0.4, 0.5) is 0 Å². The van der Waals surface area contributed by atoms with Crippen LogP contribution in [0.3, 0.4) is 0 Å². The summed E-state index contributed by atoms with van der Waals surface area (Å²) in [6.45, 7) is 0. The first-order valence-corrected chi connectivity index (χ1v) is 13.5. The molecule has 5 rings (SSSR count). The first-order chi connectivity index (χ1) is 15.2. The Kier molecular flexibility index (Phi) is 4.74. The minimum absolute atomic E-state index is 0.0564. The van der Waals surface area contributed by atoms with Crippen LogP contribution >= 0.6 is 0 Å². The second kappa shape index (κ2) is 7.26. The number of benzene rings is 2. The Morgan fingerprint density at radius 1 is 1.03 bits per heavy atom. The fraction of sp³-hybridized carbons (Fsp3) is 0.174. The number of hydrogen-bond acceptors (Lipinski definition) is 6. The normalized spacial score (nSPS) is 17.9. The van der Waals surface area contributed by atoms with Gasteiger partial charge in [0.2, 0.25) is 0 Å². The molecular weight excluding hydrogens is 444 g/mol. The highest BCUT2D eigenvalue weighted by atomic mass is 32.2. The van der Waals surface area contributed by atoms with Gasteiger partial charge in [0.05, 0.1) is 36.4 Å². The lowest BCUT2D eigenvalue weighted by Crippen LogP contribution is -2.14. The van der Waals surface area contributed by atoms with Gasteiger partial charge in [0.25, 0.3) is 10.0 Å². The van der Waals surface area contributed by atoms with Crippen LogP contribution in [-0.4, -0.2) is 27.8 Å². The number of nitrogens with two attached hydrogens (primary N) is 1. The molecule has 1 aliphatic rings. The Labute approximate surface area is 186 Å². The van der Waals surface area contributed by atoms with Crippen molar-refractivity contribution in [1.82, 2.24) is 8.96 Å². The zero-order valence-electron chi connectivity index (χ0n) is 17.4. The summed E-state index contributed by atoms with van der Waals surface area (Å²) < 4.78 is 48.6. The molecule has 0 aliphatic heterocycles. The van der Waals surface area contributed by atoms with E-state index in [9.17, 15) is 12.6 Å². The largest absolute Gasteiger partial charge is 0.324 e. The molecule has 0 saturated carbocycles. The monoisotopic (exact) mass is 466 g/mol. The second-order valence-corrected chi connectivity index (χ2v) is 12.0. The van der Waals surface area contributed by atoms with Gasteiger partial charge in [0.1, 0.15) is 0 Å². The summed E-state index contributed by atoms with van der Waals surface area (Å²) in [6.07, 6.45) is 4.31. The maximum absolute atomic E-state index is 13.7. The second-order valence-electron chi connectivity index (χ2n) is 8.05. The number of rotatable bonds is 4. The third-order valence-corrected chi connectivity index (χ3v) is 8.81. The Bertz CT molecular complexity index is 1560. The number of pyridine rings is 1. The van der Waals surface area contributed by atoms with Crippen molar-refractivity contribution in [2.45, 2.75) is 28.7 Å². The van der Waals surface area contributed by atoms with E-state index in [4.69, 9.17) is 10.5 Å². The van der Waals surface area contributed by atoms with Crippen LogP contribution < -0.4 is 5.73 Å². The van der Waals surface area contributed by atoms with Crippen molar-refractivity contribution < 1.29 is 12.6 Å². The summed E-state index contributed by atoms with van der Waals surface area (Å²) in [7, 11) is -6.84. The highest BCUT2D eigenvalue weighted by Gasteiger charge is 2.28. The number of aryl methyl sites for hydroxylation is 1. The van der Waals surface area contributed by atoms with Crippen molar-refractivity contribution in [3.05, 3.63) is 78.0 Å². The van der Waals surface area contributed by atoms with Crippen LogP contribution in [-0.2, 0) is 26.2 Å². The predicted molar refractivity (Wildman–Crippen MR) is 124 cm³/mol. The van der Waals surface area contributed by atoms with Crippen LogP contribution in [0.15, 0.2) is 76.7 Å². The van der Waals surface area contributed by atoms with Gasteiger partial charge in [-0.25, -0.2) is 21.4 Å². The molecule has 2 aromatic carbocycles. The molecule has 4 aromatic rings. The standard InChI is InChI=1S/C23H22N4O3S2/c1-31(25,28)16-7-11-21(26-14-16)23-13-19-17-8-10-20(24)18(17)9-12-22(19)27(23)32(29,30)15-5-3-2-4-6-15/h2-7,9,11-14,20,25H,8,10,24H2,1H3/t20-,31?/m1/s1. The van der Waals surface area contributed by atoms with E-state index < -0.39 is 19.8 Å². The third-order valence-electron chi connectivity index (χ3n) is 5.92. The van der Waals surface area contributed by atoms with Crippen molar-refractivity contribution in [3.63, 3.8) is 0 Å². The highest BCUT2D eigenvalue weighted by Crippen LogP contribution is 2.39. The lowest BCUT2D eigenvalue weighted by molar-refractivity contribution is 0.589. The van der Waals surface area contributed by atoms with E-state index in [0.29, 0.717) is 21.8 Å². The molecule has 9 heteroatoms. The lowest BCUT2D eigenvalue weighted by atomic mass is 10.0. The molecule has 32 heavy (non-hydrogen) atoms. The summed E-state index contributed by atoms with van der Waals surface area (Å²) >= 11 is 0. The summed E-state index contributed by atoms with van der Waals surface area (Å²) in [4.78, 5) is 4.85. The van der Waals surface area contributed by atoms with E-state index in [1.54, 1.807) is 48.5 Å². The van der Waals surface area contributed by atoms with Crippen molar-refractivity contribution >= 4 is 30.7 Å². The van der Waals surface area contributed by atoms with E-state index in [1.165, 1.54) is 16.4 Å². The summed E-state index contributed by atoms with van der Waals surface area (Å²) in [5.41, 5.74) is 9.76. The molecule has 1 aliphatic carbocycles. The number of hydrogen-bond donors (Lipinski definition) is 2. The van der Waals surface area contributed by atoms with Crippen molar-refractivity contribution in [1.29, 1.82) is 4.78 Å². The molecule has 0 radical (unpaired) electrons. The maximum Gasteiger partial charge on any atom is 0.268 e. The van der Waals surface area contributed by atoms with E-state index in [0.717, 1.165) is 29.4 Å². The average Bonchev–Trinajstić information content (AvgIpc) is 3.35. The summed E-state index contributed by atoms with van der Waals surface area (Å²) in [6, 6.07) is 17.0. The van der Waals surface area contributed by atoms with E-state index in [1.807, 2.05) is 12.1 Å². The SMILES string of the molecule is CS(=N)(=O)c1ccc(-c2cc3c4c(ccc3n2S(=O)(=O)c2ccccc2)[C@H](N)CC4)nc1. The molecule has 2 atom stereocenters. The Morgan fingerprint density at radius 3 is 2.44 bits per heavy atom. The molecule has 164 valence electrons. The molecule has 3 N–H and O–H groups in total. The summed E-state index contributed by atoms with van der Waals surface area (Å²) in [5, 5.41) is 0.843. The Morgan fingerprint density at radius 2 is 1.78 bits per heavy atom. The molecule has 0 bridgehead atoms.